The molecule has 0 unspecified atom stereocenters. The van der Waals surface area contributed by atoms with E-state index in [-0.39, 0.29) is 0 Å². The van der Waals surface area contributed by atoms with E-state index >= 15 is 0 Å². The van der Waals surface area contributed by atoms with E-state index in [1.165, 1.54) is 22.3 Å². The van der Waals surface area contributed by atoms with Gasteiger partial charge in [-0.2, -0.15) is 0 Å². The topological polar surface area (TPSA) is 63.1 Å². The minimum Gasteiger partial charge on any atom is -0.343 e. The SMILES string of the molecule is CC1=C(Cc2nc(-c3ccc(-c4ccccc4)cc3)nc(-c3ccc(-c4ccccc4)cc3)n2)NC(c2ccc(-c3ccccc3)cc2)=N/C(c2ccc(-c3ccccc3)cc2)=C/C1. The smallest absolute Gasteiger partial charge is 0.163 e. The number of allylic oxidation sites excluding steroid dienone is 3. The first-order valence-corrected chi connectivity index (χ1v) is 21.7. The molecule has 1 N–H and O–H groups in total. The Morgan fingerprint density at radius 2 is 0.688 bits per heavy atom. The first kappa shape index (κ1) is 39.8. The summed E-state index contributed by atoms with van der Waals surface area (Å²) in [6.45, 7) is 2.18. The van der Waals surface area contributed by atoms with Gasteiger partial charge in [-0.05, 0) is 69.0 Å². The molecule has 0 bridgehead atoms. The average Bonchev–Trinajstić information content (AvgIpc) is 3.37. The summed E-state index contributed by atoms with van der Waals surface area (Å²) in [5, 5.41) is 3.82. The summed E-state index contributed by atoms with van der Waals surface area (Å²) in [5.74, 6) is 2.68. The lowest BCUT2D eigenvalue weighted by Crippen LogP contribution is -2.27. The standard InChI is InChI=1S/C59H45N5/c1-41-22-39-54(50-31-23-46(24-32-50)42-14-6-2-7-15-42)60-57(51-33-25-47(26-34-51)43-16-8-3-9-17-43)61-55(41)40-56-62-58(52-35-27-48(28-36-52)44-18-10-4-11-19-44)64-59(63-56)53-37-29-49(30-38-53)45-20-12-5-13-21-45/h2-21,23-39H,22,40H2,1H3,(H,60,61)/b54-39+,55-41?. The molecule has 0 atom stereocenters. The van der Waals surface area contributed by atoms with Gasteiger partial charge in [0.15, 0.2) is 11.6 Å². The zero-order valence-electron chi connectivity index (χ0n) is 35.6. The fourth-order valence-corrected chi connectivity index (χ4v) is 8.05. The van der Waals surface area contributed by atoms with Gasteiger partial charge in [-0.3, -0.25) is 0 Å². The molecule has 1 aromatic heterocycles. The number of hydrogen-bond acceptors (Lipinski definition) is 5. The second-order valence-electron chi connectivity index (χ2n) is 16.0. The molecular weight excluding hydrogens is 779 g/mol. The molecule has 1 aliphatic heterocycles. The van der Waals surface area contributed by atoms with E-state index < -0.39 is 0 Å². The maximum Gasteiger partial charge on any atom is 0.163 e. The Hall–Kier alpha value is -8.28. The number of rotatable bonds is 10. The van der Waals surface area contributed by atoms with Gasteiger partial charge in [-0.15, -0.1) is 0 Å². The first-order valence-electron chi connectivity index (χ1n) is 21.7. The molecule has 306 valence electrons. The normalized spacial score (nSPS) is 13.5. The lowest BCUT2D eigenvalue weighted by Gasteiger charge is -2.20. The Kier molecular flexibility index (Phi) is 11.4. The fourth-order valence-electron chi connectivity index (χ4n) is 8.05. The Morgan fingerprint density at radius 1 is 0.359 bits per heavy atom. The molecule has 8 aromatic carbocycles. The van der Waals surface area contributed by atoms with Crippen molar-refractivity contribution in [2.45, 2.75) is 19.8 Å². The van der Waals surface area contributed by atoms with Crippen LogP contribution in [0.1, 0.15) is 30.3 Å². The van der Waals surface area contributed by atoms with Gasteiger partial charge in [0, 0.05) is 28.8 Å². The van der Waals surface area contributed by atoms with Crippen LogP contribution in [0.3, 0.4) is 0 Å². The summed E-state index contributed by atoms with van der Waals surface area (Å²) in [4.78, 5) is 20.8. The molecule has 0 saturated carbocycles. The average molecular weight is 824 g/mol. The lowest BCUT2D eigenvalue weighted by molar-refractivity contribution is 0.862. The van der Waals surface area contributed by atoms with Crippen LogP contribution >= 0.6 is 0 Å². The largest absolute Gasteiger partial charge is 0.343 e. The molecule has 5 heteroatoms. The summed E-state index contributed by atoms with van der Waals surface area (Å²) < 4.78 is 0. The van der Waals surface area contributed by atoms with Crippen LogP contribution < -0.4 is 5.32 Å². The van der Waals surface area contributed by atoms with Crippen LogP contribution in [0.25, 0.3) is 73.0 Å². The van der Waals surface area contributed by atoms with Crippen molar-refractivity contribution in [3.8, 4) is 67.3 Å². The third-order valence-corrected chi connectivity index (χ3v) is 11.7. The van der Waals surface area contributed by atoms with Gasteiger partial charge in [0.05, 0.1) is 5.70 Å². The number of benzene rings is 8. The van der Waals surface area contributed by atoms with Crippen LogP contribution in [0, 0.1) is 0 Å². The van der Waals surface area contributed by atoms with Gasteiger partial charge in [0.2, 0.25) is 0 Å². The van der Waals surface area contributed by atoms with E-state index in [1.54, 1.807) is 0 Å². The molecule has 0 aliphatic carbocycles. The number of nitrogens with one attached hydrogen (secondary N) is 1. The van der Waals surface area contributed by atoms with Crippen LogP contribution in [0.15, 0.2) is 241 Å². The zero-order chi connectivity index (χ0) is 43.1. The molecule has 64 heavy (non-hydrogen) atoms. The molecular formula is C59H45N5. The van der Waals surface area contributed by atoms with E-state index in [0.29, 0.717) is 30.3 Å². The summed E-state index contributed by atoms with van der Waals surface area (Å²) in [7, 11) is 0. The molecule has 0 fully saturated rings. The molecule has 0 radical (unpaired) electrons. The second-order valence-corrected chi connectivity index (χ2v) is 16.0. The molecule has 5 nitrogen and oxygen atoms in total. The van der Waals surface area contributed by atoms with Crippen molar-refractivity contribution in [3.05, 3.63) is 253 Å². The fraction of sp³-hybridized carbons (Fsp3) is 0.0508. The van der Waals surface area contributed by atoms with E-state index in [2.05, 4.69) is 212 Å². The number of hydrogen-bond donors (Lipinski definition) is 1. The maximum absolute atomic E-state index is 5.38. The first-order chi connectivity index (χ1) is 31.6. The van der Waals surface area contributed by atoms with Crippen molar-refractivity contribution >= 4 is 11.5 Å². The number of aliphatic imine (C=N–C) groups is 1. The minimum absolute atomic E-state index is 0.453. The maximum atomic E-state index is 5.38. The molecule has 9 aromatic rings. The summed E-state index contributed by atoms with van der Waals surface area (Å²) in [5.41, 5.74) is 16.2. The molecule has 10 rings (SSSR count). The van der Waals surface area contributed by atoms with Crippen LogP contribution in [-0.4, -0.2) is 20.8 Å². The predicted octanol–water partition coefficient (Wildman–Crippen LogP) is 14.2. The van der Waals surface area contributed by atoms with Gasteiger partial charge < -0.3 is 5.32 Å². The molecule has 1 aliphatic rings. The van der Waals surface area contributed by atoms with Gasteiger partial charge in [0.1, 0.15) is 11.7 Å². The van der Waals surface area contributed by atoms with Crippen molar-refractivity contribution in [3.63, 3.8) is 0 Å². The van der Waals surface area contributed by atoms with E-state index in [4.69, 9.17) is 19.9 Å². The molecule has 0 spiro atoms. The third-order valence-electron chi connectivity index (χ3n) is 11.7. The summed E-state index contributed by atoms with van der Waals surface area (Å²) in [6, 6.07) is 76.0. The van der Waals surface area contributed by atoms with Gasteiger partial charge in [-0.25, -0.2) is 19.9 Å². The zero-order valence-corrected chi connectivity index (χ0v) is 35.6. The summed E-state index contributed by atoms with van der Waals surface area (Å²) >= 11 is 0. The minimum atomic E-state index is 0.453. The van der Waals surface area contributed by atoms with Gasteiger partial charge in [-0.1, -0.05) is 224 Å². The van der Waals surface area contributed by atoms with E-state index in [0.717, 1.165) is 67.3 Å². The Balaban J connectivity index is 1.03. The van der Waals surface area contributed by atoms with Crippen molar-refractivity contribution in [2.75, 3.05) is 0 Å². The predicted molar refractivity (Wildman–Crippen MR) is 264 cm³/mol. The Labute approximate surface area is 375 Å². The highest BCUT2D eigenvalue weighted by atomic mass is 15.1. The highest BCUT2D eigenvalue weighted by Gasteiger charge is 2.18. The van der Waals surface area contributed by atoms with Crippen LogP contribution in [-0.2, 0) is 6.42 Å². The quantitative estimate of drug-likeness (QED) is 0.149. The monoisotopic (exact) mass is 823 g/mol. The Bertz CT molecular complexity index is 3000. The van der Waals surface area contributed by atoms with Crippen molar-refractivity contribution in [2.24, 2.45) is 4.99 Å². The highest BCUT2D eigenvalue weighted by molar-refractivity contribution is 6.03. The van der Waals surface area contributed by atoms with Crippen LogP contribution in [0.5, 0.6) is 0 Å². The lowest BCUT2D eigenvalue weighted by atomic mass is 10.00. The van der Waals surface area contributed by atoms with Crippen molar-refractivity contribution in [1.82, 2.24) is 20.3 Å². The van der Waals surface area contributed by atoms with Gasteiger partial charge in [0.25, 0.3) is 0 Å². The number of amidine groups is 1. The summed E-state index contributed by atoms with van der Waals surface area (Å²) in [6.07, 6.45) is 3.39. The van der Waals surface area contributed by atoms with Crippen LogP contribution in [0.4, 0.5) is 0 Å². The Morgan fingerprint density at radius 3 is 1.08 bits per heavy atom. The van der Waals surface area contributed by atoms with Crippen molar-refractivity contribution < 1.29 is 0 Å². The number of aromatic nitrogens is 3. The number of nitrogens with zero attached hydrogens (tertiary/aromatic N) is 4. The molecule has 0 amide bonds. The van der Waals surface area contributed by atoms with E-state index in [1.807, 2.05) is 24.3 Å². The van der Waals surface area contributed by atoms with E-state index in [9.17, 15) is 0 Å². The van der Waals surface area contributed by atoms with Gasteiger partial charge >= 0.3 is 0 Å². The van der Waals surface area contributed by atoms with Crippen molar-refractivity contribution in [1.29, 1.82) is 0 Å². The highest BCUT2D eigenvalue weighted by Crippen LogP contribution is 2.30. The molecule has 2 heterocycles. The van der Waals surface area contributed by atoms with Crippen LogP contribution in [0.2, 0.25) is 0 Å². The third kappa shape index (κ3) is 9.01. The molecule has 0 saturated heterocycles. The second kappa shape index (κ2) is 18.4.